The molecule has 1 fully saturated rings. The largest absolute Gasteiger partial charge is 0.370 e. The predicted molar refractivity (Wildman–Crippen MR) is 114 cm³/mol. The summed E-state index contributed by atoms with van der Waals surface area (Å²) in [6.45, 7) is 1.82. The molecule has 0 saturated carbocycles. The third-order valence-corrected chi connectivity index (χ3v) is 5.89. The number of anilines is 1. The normalized spacial score (nSPS) is 14.3. The molecule has 1 heterocycles. The quantitative estimate of drug-likeness (QED) is 0.532. The maximum atomic E-state index is 12.6. The van der Waals surface area contributed by atoms with Crippen LogP contribution < -0.4 is 16.4 Å². The average molecular weight is 430 g/mol. The first-order valence-corrected chi connectivity index (χ1v) is 11.1. The van der Waals surface area contributed by atoms with Gasteiger partial charge in [-0.05, 0) is 30.3 Å². The fraction of sp³-hybridized carbons (Fsp3) is 0.250. The van der Waals surface area contributed by atoms with Crippen molar-refractivity contribution in [3.8, 4) is 0 Å². The molecule has 4 N–H and O–H groups in total. The molecular formula is C20H23N5O4S. The van der Waals surface area contributed by atoms with Crippen molar-refractivity contribution in [2.45, 2.75) is 4.90 Å². The van der Waals surface area contributed by atoms with Crippen LogP contribution in [0, 0.1) is 0 Å². The van der Waals surface area contributed by atoms with E-state index in [0.717, 1.165) is 6.26 Å². The minimum Gasteiger partial charge on any atom is -0.370 e. The zero-order chi connectivity index (χ0) is 21.9. The Hall–Kier alpha value is -3.40. The zero-order valence-electron chi connectivity index (χ0n) is 16.5. The molecule has 10 heteroatoms. The van der Waals surface area contributed by atoms with Crippen LogP contribution in [0.4, 0.5) is 5.69 Å². The van der Waals surface area contributed by atoms with Crippen LogP contribution >= 0.6 is 0 Å². The number of guanidine groups is 1. The lowest BCUT2D eigenvalue weighted by Gasteiger charge is -2.37. The van der Waals surface area contributed by atoms with Gasteiger partial charge in [0.1, 0.15) is 0 Å². The first kappa shape index (κ1) is 21.3. The van der Waals surface area contributed by atoms with Gasteiger partial charge in [0.05, 0.1) is 10.6 Å². The van der Waals surface area contributed by atoms with Gasteiger partial charge in [0, 0.05) is 43.6 Å². The number of sulfone groups is 1. The highest BCUT2D eigenvalue weighted by Gasteiger charge is 2.26. The summed E-state index contributed by atoms with van der Waals surface area (Å²) in [5.74, 6) is -1.18. The minimum atomic E-state index is -3.63. The summed E-state index contributed by atoms with van der Waals surface area (Å²) in [7, 11) is -3.63. The Bertz CT molecular complexity index is 1090. The summed E-state index contributed by atoms with van der Waals surface area (Å²) in [4.78, 5) is 31.8. The van der Waals surface area contributed by atoms with Crippen molar-refractivity contribution in [3.05, 3.63) is 59.7 Å². The summed E-state index contributed by atoms with van der Waals surface area (Å²) in [6.07, 6.45) is 1.08. The van der Waals surface area contributed by atoms with Crippen LogP contribution in [-0.4, -0.2) is 63.5 Å². The number of hydrogen-bond acceptors (Lipinski definition) is 5. The SMILES string of the molecule is CS(=O)(=O)c1cc(C(=O)N=C(N)N)ccc1N1CCN(C(=O)c2ccccc2)CC1. The Morgan fingerprint density at radius 3 is 2.13 bits per heavy atom. The fourth-order valence-corrected chi connectivity index (χ4v) is 4.22. The van der Waals surface area contributed by atoms with Crippen molar-refractivity contribution in [2.24, 2.45) is 16.5 Å². The van der Waals surface area contributed by atoms with E-state index in [9.17, 15) is 18.0 Å². The summed E-state index contributed by atoms with van der Waals surface area (Å²) in [5.41, 5.74) is 11.6. The Balaban J connectivity index is 1.82. The topological polar surface area (TPSA) is 139 Å². The second-order valence-electron chi connectivity index (χ2n) is 6.94. The van der Waals surface area contributed by atoms with E-state index in [1.165, 1.54) is 12.1 Å². The molecule has 0 aromatic heterocycles. The minimum absolute atomic E-state index is 0.0157. The number of benzene rings is 2. The van der Waals surface area contributed by atoms with Crippen LogP contribution in [-0.2, 0) is 9.84 Å². The number of carbonyl (C=O) groups excluding carboxylic acids is 2. The molecule has 0 aliphatic carbocycles. The van der Waals surface area contributed by atoms with E-state index in [1.807, 2.05) is 23.1 Å². The van der Waals surface area contributed by atoms with E-state index in [1.54, 1.807) is 23.1 Å². The van der Waals surface area contributed by atoms with Crippen molar-refractivity contribution in [1.29, 1.82) is 0 Å². The second kappa shape index (κ2) is 8.54. The number of nitrogens with zero attached hydrogens (tertiary/aromatic N) is 3. The van der Waals surface area contributed by atoms with Crippen LogP contribution in [0.5, 0.6) is 0 Å². The van der Waals surface area contributed by atoms with Crippen LogP contribution in [0.2, 0.25) is 0 Å². The molecule has 1 aliphatic rings. The molecule has 158 valence electrons. The predicted octanol–water partition coefficient (Wildman–Crippen LogP) is 0.466. The number of piperazine rings is 1. The van der Waals surface area contributed by atoms with Gasteiger partial charge in [-0.2, -0.15) is 4.99 Å². The summed E-state index contributed by atoms with van der Waals surface area (Å²) in [5, 5.41) is 0. The van der Waals surface area contributed by atoms with Crippen molar-refractivity contribution in [3.63, 3.8) is 0 Å². The van der Waals surface area contributed by atoms with Crippen LogP contribution in [0.1, 0.15) is 20.7 Å². The number of carbonyl (C=O) groups is 2. The average Bonchev–Trinajstić information content (AvgIpc) is 2.72. The lowest BCUT2D eigenvalue weighted by atomic mass is 10.1. The van der Waals surface area contributed by atoms with E-state index >= 15 is 0 Å². The van der Waals surface area contributed by atoms with Gasteiger partial charge in [0.2, 0.25) is 0 Å². The summed E-state index contributed by atoms with van der Waals surface area (Å²) in [6, 6.07) is 13.3. The van der Waals surface area contributed by atoms with E-state index in [0.29, 0.717) is 37.4 Å². The Labute approximate surface area is 174 Å². The van der Waals surface area contributed by atoms with Gasteiger partial charge in [0.15, 0.2) is 15.8 Å². The molecule has 30 heavy (non-hydrogen) atoms. The first-order valence-electron chi connectivity index (χ1n) is 9.24. The Morgan fingerprint density at radius 2 is 1.57 bits per heavy atom. The number of nitrogens with two attached hydrogens (primary N) is 2. The van der Waals surface area contributed by atoms with Gasteiger partial charge < -0.3 is 21.3 Å². The third kappa shape index (κ3) is 4.77. The molecule has 2 amide bonds. The Morgan fingerprint density at radius 1 is 0.933 bits per heavy atom. The number of rotatable bonds is 4. The first-order chi connectivity index (χ1) is 14.2. The lowest BCUT2D eigenvalue weighted by Crippen LogP contribution is -2.49. The summed E-state index contributed by atoms with van der Waals surface area (Å²) < 4.78 is 24.7. The van der Waals surface area contributed by atoms with E-state index < -0.39 is 21.7 Å². The highest BCUT2D eigenvalue weighted by molar-refractivity contribution is 7.90. The molecule has 0 atom stereocenters. The number of amides is 2. The second-order valence-corrected chi connectivity index (χ2v) is 8.93. The molecule has 2 aromatic carbocycles. The zero-order valence-corrected chi connectivity index (χ0v) is 17.3. The monoisotopic (exact) mass is 429 g/mol. The van der Waals surface area contributed by atoms with Gasteiger partial charge in [-0.3, -0.25) is 9.59 Å². The summed E-state index contributed by atoms with van der Waals surface area (Å²) >= 11 is 0. The molecule has 9 nitrogen and oxygen atoms in total. The van der Waals surface area contributed by atoms with E-state index in [-0.39, 0.29) is 16.4 Å². The van der Waals surface area contributed by atoms with Gasteiger partial charge in [0.25, 0.3) is 11.8 Å². The van der Waals surface area contributed by atoms with Gasteiger partial charge in [-0.25, -0.2) is 8.42 Å². The van der Waals surface area contributed by atoms with E-state index in [4.69, 9.17) is 11.5 Å². The molecule has 1 saturated heterocycles. The van der Waals surface area contributed by atoms with Gasteiger partial charge in [-0.1, -0.05) is 18.2 Å². The van der Waals surface area contributed by atoms with Crippen molar-refractivity contribution >= 4 is 33.3 Å². The lowest BCUT2D eigenvalue weighted by molar-refractivity contribution is 0.0746. The van der Waals surface area contributed by atoms with Gasteiger partial charge >= 0.3 is 0 Å². The van der Waals surface area contributed by atoms with E-state index in [2.05, 4.69) is 4.99 Å². The molecule has 1 aliphatic heterocycles. The fourth-order valence-electron chi connectivity index (χ4n) is 3.30. The van der Waals surface area contributed by atoms with Crippen molar-refractivity contribution in [1.82, 2.24) is 4.90 Å². The molecule has 0 unspecified atom stereocenters. The van der Waals surface area contributed by atoms with Gasteiger partial charge in [-0.15, -0.1) is 0 Å². The maximum absolute atomic E-state index is 12.6. The number of aliphatic imine (C=N–C) groups is 1. The van der Waals surface area contributed by atoms with Crippen LogP contribution in [0.3, 0.4) is 0 Å². The molecule has 3 rings (SSSR count). The molecule has 0 bridgehead atoms. The molecular weight excluding hydrogens is 406 g/mol. The highest BCUT2D eigenvalue weighted by Crippen LogP contribution is 2.28. The molecule has 0 spiro atoms. The van der Waals surface area contributed by atoms with Crippen LogP contribution in [0.15, 0.2) is 58.4 Å². The highest BCUT2D eigenvalue weighted by atomic mass is 32.2. The standard InChI is InChI=1S/C20H23N5O4S/c1-30(28,29)17-13-15(18(26)23-20(21)22)7-8-16(17)24-9-11-25(12-10-24)19(27)14-5-3-2-4-6-14/h2-8,13H,9-12H2,1H3,(H4,21,22,23,26). The maximum Gasteiger partial charge on any atom is 0.280 e. The molecule has 2 aromatic rings. The van der Waals surface area contributed by atoms with Crippen molar-refractivity contribution < 1.29 is 18.0 Å². The van der Waals surface area contributed by atoms with Crippen molar-refractivity contribution in [2.75, 3.05) is 37.3 Å². The third-order valence-electron chi connectivity index (χ3n) is 4.77. The number of hydrogen-bond donors (Lipinski definition) is 2. The van der Waals surface area contributed by atoms with Crippen LogP contribution in [0.25, 0.3) is 0 Å². The molecule has 0 radical (unpaired) electrons. The Kier molecular flexibility index (Phi) is 6.06. The smallest absolute Gasteiger partial charge is 0.280 e.